The van der Waals surface area contributed by atoms with E-state index in [9.17, 15) is 4.79 Å². The molecule has 3 aliphatic heterocycles. The first-order valence-electron chi connectivity index (χ1n) is 10.1. The Morgan fingerprint density at radius 2 is 1.92 bits per heavy atom. The van der Waals surface area contributed by atoms with E-state index in [-0.39, 0.29) is 11.9 Å². The summed E-state index contributed by atoms with van der Waals surface area (Å²) in [4.78, 5) is 20.1. The Kier molecular flexibility index (Phi) is 5.09. The second-order valence-electron chi connectivity index (χ2n) is 8.06. The molecule has 0 saturated carbocycles. The summed E-state index contributed by atoms with van der Waals surface area (Å²) in [6.07, 6.45) is 6.35. The minimum absolute atomic E-state index is 0.00230. The Hall–Kier alpha value is -1.39. The number of anilines is 1. The van der Waals surface area contributed by atoms with Gasteiger partial charge in [-0.1, -0.05) is 24.6 Å². The van der Waals surface area contributed by atoms with Gasteiger partial charge < -0.3 is 9.80 Å². The predicted molar refractivity (Wildman–Crippen MR) is 102 cm³/mol. The average molecular weight is 341 g/mol. The van der Waals surface area contributed by atoms with E-state index in [0.717, 1.165) is 37.7 Å². The number of likely N-dealkylation sites (tertiary alicyclic amines) is 2. The Balaban J connectivity index is 1.34. The number of nitrogens with zero attached hydrogens (tertiary/aromatic N) is 3. The number of hydrogen-bond donors (Lipinski definition) is 0. The summed E-state index contributed by atoms with van der Waals surface area (Å²) in [5, 5.41) is 0. The minimum Gasteiger partial charge on any atom is -0.310 e. The molecule has 0 radical (unpaired) electrons. The van der Waals surface area contributed by atoms with Crippen LogP contribution in [-0.2, 0) is 11.2 Å². The Morgan fingerprint density at radius 3 is 2.76 bits per heavy atom. The molecule has 2 saturated heterocycles. The Morgan fingerprint density at radius 1 is 1.12 bits per heavy atom. The molecule has 4 heteroatoms. The van der Waals surface area contributed by atoms with Crippen molar-refractivity contribution in [2.24, 2.45) is 5.92 Å². The molecule has 3 aliphatic rings. The van der Waals surface area contributed by atoms with Gasteiger partial charge in [-0.05, 0) is 69.8 Å². The summed E-state index contributed by atoms with van der Waals surface area (Å²) in [5.74, 6) is 1.02. The topological polar surface area (TPSA) is 26.8 Å². The molecule has 3 heterocycles. The van der Waals surface area contributed by atoms with Gasteiger partial charge in [0.25, 0.3) is 0 Å². The number of fused-ring (bicyclic) bond motifs is 1. The largest absolute Gasteiger partial charge is 0.310 e. The lowest BCUT2D eigenvalue weighted by molar-refractivity contribution is -0.122. The fourth-order valence-corrected chi connectivity index (χ4v) is 4.82. The van der Waals surface area contributed by atoms with Crippen molar-refractivity contribution in [3.63, 3.8) is 0 Å². The highest BCUT2D eigenvalue weighted by Gasteiger charge is 2.34. The number of carbonyl (C=O) groups excluding carboxylic acids is 1. The molecule has 0 bridgehead atoms. The van der Waals surface area contributed by atoms with Crippen LogP contribution < -0.4 is 4.90 Å². The van der Waals surface area contributed by atoms with Crippen LogP contribution in [0.15, 0.2) is 24.3 Å². The van der Waals surface area contributed by atoms with Crippen molar-refractivity contribution in [2.75, 3.05) is 44.2 Å². The van der Waals surface area contributed by atoms with E-state index in [4.69, 9.17) is 0 Å². The molecule has 136 valence electrons. The highest BCUT2D eigenvalue weighted by Crippen LogP contribution is 2.29. The predicted octanol–water partition coefficient (Wildman–Crippen LogP) is 2.77. The molecule has 0 N–H and O–H groups in total. The molecular formula is C21H31N3O. The van der Waals surface area contributed by atoms with Gasteiger partial charge in [0, 0.05) is 25.3 Å². The standard InChI is InChI=1S/C21H31N3O/c1-17(21(25)24-14-10-19-7-3-4-8-20(19)24)23-13-9-18(16-23)15-22-11-5-2-6-12-22/h3-4,7-8,17-18H,2,5-6,9-16H2,1H3. The fraction of sp³-hybridized carbons (Fsp3) is 0.667. The minimum atomic E-state index is -0.00230. The van der Waals surface area contributed by atoms with E-state index in [1.807, 2.05) is 11.0 Å². The molecule has 0 aliphatic carbocycles. The van der Waals surface area contributed by atoms with E-state index in [1.54, 1.807) is 0 Å². The van der Waals surface area contributed by atoms with Gasteiger partial charge >= 0.3 is 0 Å². The molecule has 1 aromatic rings. The Bertz CT molecular complexity index is 611. The van der Waals surface area contributed by atoms with Crippen LogP contribution in [0.4, 0.5) is 5.69 Å². The smallest absolute Gasteiger partial charge is 0.244 e. The van der Waals surface area contributed by atoms with Crippen molar-refractivity contribution in [3.05, 3.63) is 29.8 Å². The van der Waals surface area contributed by atoms with Gasteiger partial charge in [0.05, 0.1) is 6.04 Å². The second-order valence-corrected chi connectivity index (χ2v) is 8.06. The molecular weight excluding hydrogens is 310 g/mol. The molecule has 0 spiro atoms. The van der Waals surface area contributed by atoms with Gasteiger partial charge in [-0.3, -0.25) is 9.69 Å². The quantitative estimate of drug-likeness (QED) is 0.842. The van der Waals surface area contributed by atoms with Crippen molar-refractivity contribution >= 4 is 11.6 Å². The van der Waals surface area contributed by atoms with Crippen LogP contribution in [0.25, 0.3) is 0 Å². The SMILES string of the molecule is CC(C(=O)N1CCc2ccccc21)N1CCC(CN2CCCCC2)C1. The summed E-state index contributed by atoms with van der Waals surface area (Å²) in [7, 11) is 0. The van der Waals surface area contributed by atoms with Crippen LogP contribution in [0.3, 0.4) is 0 Å². The maximum atomic E-state index is 13.1. The average Bonchev–Trinajstić information content (AvgIpc) is 3.28. The summed E-state index contributed by atoms with van der Waals surface area (Å²) in [6.45, 7) is 8.87. The zero-order chi connectivity index (χ0) is 17.2. The number of piperidine rings is 1. The number of benzene rings is 1. The monoisotopic (exact) mass is 341 g/mol. The first-order valence-corrected chi connectivity index (χ1v) is 10.1. The van der Waals surface area contributed by atoms with Crippen molar-refractivity contribution in [1.29, 1.82) is 0 Å². The van der Waals surface area contributed by atoms with E-state index < -0.39 is 0 Å². The number of carbonyl (C=O) groups is 1. The molecule has 0 aromatic heterocycles. The van der Waals surface area contributed by atoms with Crippen molar-refractivity contribution in [3.8, 4) is 0 Å². The highest BCUT2D eigenvalue weighted by atomic mass is 16.2. The lowest BCUT2D eigenvalue weighted by Gasteiger charge is -2.30. The summed E-state index contributed by atoms with van der Waals surface area (Å²) < 4.78 is 0. The zero-order valence-corrected chi connectivity index (χ0v) is 15.5. The van der Waals surface area contributed by atoms with Crippen LogP contribution in [0, 0.1) is 5.92 Å². The number of amides is 1. The number of hydrogen-bond acceptors (Lipinski definition) is 3. The van der Waals surface area contributed by atoms with E-state index in [2.05, 4.69) is 34.9 Å². The number of rotatable bonds is 4. The van der Waals surface area contributed by atoms with Crippen molar-refractivity contribution in [1.82, 2.24) is 9.80 Å². The maximum Gasteiger partial charge on any atom is 0.244 e. The fourth-order valence-electron chi connectivity index (χ4n) is 4.82. The van der Waals surface area contributed by atoms with Crippen molar-refractivity contribution in [2.45, 2.75) is 45.1 Å². The van der Waals surface area contributed by atoms with Crippen LogP contribution in [0.1, 0.15) is 38.2 Å². The highest BCUT2D eigenvalue weighted by molar-refractivity contribution is 5.98. The maximum absolute atomic E-state index is 13.1. The van der Waals surface area contributed by atoms with E-state index in [1.165, 1.54) is 50.9 Å². The van der Waals surface area contributed by atoms with Crippen LogP contribution in [0.2, 0.25) is 0 Å². The van der Waals surface area contributed by atoms with Gasteiger partial charge in [-0.25, -0.2) is 0 Å². The Labute approximate surface area is 151 Å². The van der Waals surface area contributed by atoms with Gasteiger partial charge in [-0.2, -0.15) is 0 Å². The van der Waals surface area contributed by atoms with Crippen molar-refractivity contribution < 1.29 is 4.79 Å². The molecule has 1 aromatic carbocycles. The third-order valence-corrected chi connectivity index (χ3v) is 6.34. The number of para-hydroxylation sites is 1. The molecule has 4 rings (SSSR count). The molecule has 2 fully saturated rings. The molecule has 4 nitrogen and oxygen atoms in total. The lowest BCUT2D eigenvalue weighted by atomic mass is 10.1. The lowest BCUT2D eigenvalue weighted by Crippen LogP contribution is -2.46. The third-order valence-electron chi connectivity index (χ3n) is 6.34. The summed E-state index contributed by atoms with van der Waals surface area (Å²) >= 11 is 0. The van der Waals surface area contributed by atoms with Gasteiger partial charge in [0.2, 0.25) is 5.91 Å². The molecule has 2 unspecified atom stereocenters. The second kappa shape index (κ2) is 7.46. The van der Waals surface area contributed by atoms with Gasteiger partial charge in [-0.15, -0.1) is 0 Å². The first kappa shape index (κ1) is 17.0. The summed E-state index contributed by atoms with van der Waals surface area (Å²) in [5.41, 5.74) is 2.44. The summed E-state index contributed by atoms with van der Waals surface area (Å²) in [6, 6.07) is 8.35. The van der Waals surface area contributed by atoms with E-state index in [0.29, 0.717) is 0 Å². The molecule has 1 amide bonds. The zero-order valence-electron chi connectivity index (χ0n) is 15.5. The van der Waals surface area contributed by atoms with E-state index >= 15 is 0 Å². The normalized spacial score (nSPS) is 26.0. The molecule has 25 heavy (non-hydrogen) atoms. The third kappa shape index (κ3) is 3.61. The first-order chi connectivity index (χ1) is 12.2. The van der Waals surface area contributed by atoms with Crippen LogP contribution in [0.5, 0.6) is 0 Å². The van der Waals surface area contributed by atoms with Gasteiger partial charge in [0.15, 0.2) is 0 Å². The van der Waals surface area contributed by atoms with Crippen LogP contribution in [-0.4, -0.2) is 61.0 Å². The van der Waals surface area contributed by atoms with Crippen LogP contribution >= 0.6 is 0 Å². The molecule has 2 atom stereocenters. The van der Waals surface area contributed by atoms with Gasteiger partial charge in [0.1, 0.15) is 0 Å².